The molecule has 1 aromatic rings. The predicted molar refractivity (Wildman–Crippen MR) is 59.8 cm³/mol. The van der Waals surface area contributed by atoms with Crippen LogP contribution in [-0.2, 0) is 10.2 Å². The Hall–Kier alpha value is -0.820. The maximum absolute atomic E-state index is 13.7. The average Bonchev–Trinajstić information content (AvgIpc) is 2.35. The summed E-state index contributed by atoms with van der Waals surface area (Å²) in [5, 5.41) is 0. The van der Waals surface area contributed by atoms with Gasteiger partial charge in [0.25, 0.3) is 0 Å². The summed E-state index contributed by atoms with van der Waals surface area (Å²) in [6, 6.07) is 3.04. The van der Waals surface area contributed by atoms with Crippen LogP contribution >= 0.6 is 15.9 Å². The van der Waals surface area contributed by atoms with Gasteiger partial charge in [-0.05, 0) is 28.1 Å². The molecular weight excluding hydrogens is 287 g/mol. The van der Waals surface area contributed by atoms with Crippen LogP contribution in [0.2, 0.25) is 0 Å². The lowest BCUT2D eigenvalue weighted by molar-refractivity contribution is 0.592. The number of anilines is 2. The highest BCUT2D eigenvalue weighted by molar-refractivity contribution is 9.10. The molecule has 4 nitrogen and oxygen atoms in total. The van der Waals surface area contributed by atoms with Gasteiger partial charge < -0.3 is 0 Å². The maximum atomic E-state index is 13.7. The molecule has 0 atom stereocenters. The topological polar surface area (TPSA) is 40.6 Å². The molecule has 0 amide bonds. The molecule has 0 radical (unpaired) electrons. The summed E-state index contributed by atoms with van der Waals surface area (Å²) in [5.41, 5.74) is 0.421. The molecule has 1 aliphatic rings. The van der Waals surface area contributed by atoms with E-state index in [1.165, 1.54) is 20.2 Å². The first-order chi connectivity index (χ1) is 6.87. The molecule has 0 bridgehead atoms. The quantitative estimate of drug-likeness (QED) is 0.731. The summed E-state index contributed by atoms with van der Waals surface area (Å²) < 4.78 is 39.3. The fourth-order valence-corrected chi connectivity index (χ4v) is 2.99. The van der Waals surface area contributed by atoms with E-state index in [0.717, 1.165) is 8.61 Å². The Labute approximate surface area is 95.6 Å². The molecule has 0 spiro atoms. The molecule has 2 rings (SSSR count). The third kappa shape index (κ3) is 1.26. The van der Waals surface area contributed by atoms with Gasteiger partial charge in [-0.2, -0.15) is 8.42 Å². The third-order valence-corrected chi connectivity index (χ3v) is 4.77. The Bertz CT molecular complexity index is 532. The van der Waals surface area contributed by atoms with Gasteiger partial charge in [-0.3, -0.25) is 8.61 Å². The van der Waals surface area contributed by atoms with E-state index >= 15 is 0 Å². The lowest BCUT2D eigenvalue weighted by Gasteiger charge is -2.13. The lowest BCUT2D eigenvalue weighted by Crippen LogP contribution is -2.32. The Morgan fingerprint density at radius 1 is 1.27 bits per heavy atom. The minimum atomic E-state index is -3.60. The highest BCUT2D eigenvalue weighted by atomic mass is 79.9. The molecule has 0 unspecified atom stereocenters. The number of benzene rings is 1. The van der Waals surface area contributed by atoms with E-state index in [1.54, 1.807) is 6.07 Å². The first kappa shape index (κ1) is 10.7. The number of rotatable bonds is 0. The van der Waals surface area contributed by atoms with E-state index in [1.807, 2.05) is 0 Å². The van der Waals surface area contributed by atoms with Gasteiger partial charge in [0.2, 0.25) is 0 Å². The molecule has 1 aromatic carbocycles. The zero-order chi connectivity index (χ0) is 11.4. The minimum absolute atomic E-state index is 0.0758. The number of nitrogens with zero attached hydrogens (tertiary/aromatic N) is 2. The van der Waals surface area contributed by atoms with Crippen molar-refractivity contribution in [2.75, 3.05) is 22.7 Å². The summed E-state index contributed by atoms with van der Waals surface area (Å²) >= 11 is 3.02. The van der Waals surface area contributed by atoms with E-state index < -0.39 is 16.0 Å². The van der Waals surface area contributed by atoms with Gasteiger partial charge in [-0.25, -0.2) is 4.39 Å². The molecule has 0 fully saturated rings. The molecule has 82 valence electrons. The SMILES string of the molecule is CN1c2ccc(Br)c(F)c2N(C)S1(=O)=O. The monoisotopic (exact) mass is 294 g/mol. The van der Waals surface area contributed by atoms with Crippen molar-refractivity contribution < 1.29 is 12.8 Å². The molecule has 0 aliphatic carbocycles. The largest absolute Gasteiger partial charge is 0.326 e. The average molecular weight is 295 g/mol. The zero-order valence-corrected chi connectivity index (χ0v) is 10.4. The van der Waals surface area contributed by atoms with Crippen molar-refractivity contribution in [1.29, 1.82) is 0 Å². The molecule has 7 heteroatoms. The van der Waals surface area contributed by atoms with Gasteiger partial charge in [0.1, 0.15) is 5.69 Å². The van der Waals surface area contributed by atoms with Crippen LogP contribution in [0.15, 0.2) is 16.6 Å². The van der Waals surface area contributed by atoms with Gasteiger partial charge in [0.15, 0.2) is 5.82 Å². The van der Waals surface area contributed by atoms with Crippen LogP contribution in [0, 0.1) is 5.82 Å². The van der Waals surface area contributed by atoms with Crippen LogP contribution in [0.3, 0.4) is 0 Å². The fourth-order valence-electron chi connectivity index (χ4n) is 1.51. The van der Waals surface area contributed by atoms with Crippen molar-refractivity contribution in [2.45, 2.75) is 0 Å². The second-order valence-corrected chi connectivity index (χ2v) is 6.02. The van der Waals surface area contributed by atoms with E-state index in [0.29, 0.717) is 5.69 Å². The third-order valence-electron chi connectivity index (χ3n) is 2.39. The van der Waals surface area contributed by atoms with Crippen LogP contribution in [-0.4, -0.2) is 22.5 Å². The Kier molecular flexibility index (Phi) is 2.20. The van der Waals surface area contributed by atoms with E-state index in [-0.39, 0.29) is 10.2 Å². The summed E-state index contributed by atoms with van der Waals surface area (Å²) in [6.07, 6.45) is 0. The predicted octanol–water partition coefficient (Wildman–Crippen LogP) is 1.72. The van der Waals surface area contributed by atoms with Gasteiger partial charge >= 0.3 is 10.2 Å². The normalized spacial score (nSPS) is 18.1. The van der Waals surface area contributed by atoms with Crippen molar-refractivity contribution in [2.24, 2.45) is 0 Å². The smallest absolute Gasteiger partial charge is 0.254 e. The first-order valence-electron chi connectivity index (χ1n) is 4.08. The lowest BCUT2D eigenvalue weighted by atomic mass is 10.2. The second-order valence-electron chi connectivity index (χ2n) is 3.17. The van der Waals surface area contributed by atoms with Gasteiger partial charge in [-0.1, -0.05) is 0 Å². The van der Waals surface area contributed by atoms with E-state index in [4.69, 9.17) is 0 Å². The van der Waals surface area contributed by atoms with E-state index in [2.05, 4.69) is 15.9 Å². The van der Waals surface area contributed by atoms with Crippen LogP contribution in [0.1, 0.15) is 0 Å². The summed E-state index contributed by atoms with van der Waals surface area (Å²) in [7, 11) is -0.876. The first-order valence-corrected chi connectivity index (χ1v) is 6.27. The van der Waals surface area contributed by atoms with Crippen LogP contribution in [0.5, 0.6) is 0 Å². The Morgan fingerprint density at radius 2 is 1.87 bits per heavy atom. The molecule has 1 aliphatic heterocycles. The number of fused-ring (bicyclic) bond motifs is 1. The number of halogens is 2. The van der Waals surface area contributed by atoms with Gasteiger partial charge in [0, 0.05) is 14.1 Å². The van der Waals surface area contributed by atoms with Crippen LogP contribution in [0.25, 0.3) is 0 Å². The maximum Gasteiger partial charge on any atom is 0.326 e. The summed E-state index contributed by atoms with van der Waals surface area (Å²) in [6.45, 7) is 0. The highest BCUT2D eigenvalue weighted by Crippen LogP contribution is 2.42. The Balaban J connectivity index is 2.79. The molecule has 0 aromatic heterocycles. The summed E-state index contributed by atoms with van der Waals surface area (Å²) in [5.74, 6) is -0.567. The molecule has 1 heterocycles. The van der Waals surface area contributed by atoms with E-state index in [9.17, 15) is 12.8 Å². The molecule has 15 heavy (non-hydrogen) atoms. The molecular formula is C8H8BrFN2O2S. The standard InChI is InChI=1S/C8H8BrFN2O2S/c1-11-6-4-3-5(9)7(10)8(6)12(2)15(11,13)14/h3-4H,1-2H3. The number of hydrogen-bond donors (Lipinski definition) is 0. The molecule has 0 N–H and O–H groups in total. The van der Waals surface area contributed by atoms with Crippen LogP contribution < -0.4 is 8.61 Å². The molecule has 0 saturated heterocycles. The van der Waals surface area contributed by atoms with Crippen LogP contribution in [0.4, 0.5) is 15.8 Å². The van der Waals surface area contributed by atoms with Crippen molar-refractivity contribution in [1.82, 2.24) is 0 Å². The molecule has 0 saturated carbocycles. The fraction of sp³-hybridized carbons (Fsp3) is 0.250. The van der Waals surface area contributed by atoms with Crippen molar-refractivity contribution in [3.05, 3.63) is 22.4 Å². The summed E-state index contributed by atoms with van der Waals surface area (Å²) in [4.78, 5) is 0. The van der Waals surface area contributed by atoms with Crippen molar-refractivity contribution in [3.63, 3.8) is 0 Å². The second kappa shape index (κ2) is 3.08. The Morgan fingerprint density at radius 3 is 2.47 bits per heavy atom. The van der Waals surface area contributed by atoms with Gasteiger partial charge in [-0.15, -0.1) is 0 Å². The minimum Gasteiger partial charge on any atom is -0.254 e. The van der Waals surface area contributed by atoms with Crippen molar-refractivity contribution in [3.8, 4) is 0 Å². The zero-order valence-electron chi connectivity index (χ0n) is 8.03. The number of hydrogen-bond acceptors (Lipinski definition) is 2. The highest BCUT2D eigenvalue weighted by Gasteiger charge is 2.38. The van der Waals surface area contributed by atoms with Gasteiger partial charge in [0.05, 0.1) is 10.2 Å². The van der Waals surface area contributed by atoms with Crippen molar-refractivity contribution >= 4 is 37.5 Å².